The maximum Gasteiger partial charge on any atom is 0.323 e. The molecule has 0 saturated heterocycles. The van der Waals surface area contributed by atoms with Crippen LogP contribution in [0.3, 0.4) is 0 Å². The highest BCUT2D eigenvalue weighted by Gasteiger charge is 2.27. The molecule has 6 heteroatoms. The molecule has 0 aromatic heterocycles. The summed E-state index contributed by atoms with van der Waals surface area (Å²) in [7, 11) is 1.65. The SMILES string of the molecule is CC[C@H](C)[C@@H](C(=O)O)N(C)NC(=S)S. The predicted molar refractivity (Wildman–Crippen MR) is 63.4 cm³/mol. The Morgan fingerprint density at radius 3 is 2.50 bits per heavy atom. The van der Waals surface area contributed by atoms with E-state index in [1.165, 1.54) is 5.01 Å². The average Bonchev–Trinajstić information content (AvgIpc) is 2.01. The summed E-state index contributed by atoms with van der Waals surface area (Å²) in [5, 5.41) is 10.5. The maximum absolute atomic E-state index is 11.0. The topological polar surface area (TPSA) is 52.6 Å². The van der Waals surface area contributed by atoms with E-state index in [2.05, 4.69) is 18.1 Å². The van der Waals surface area contributed by atoms with Gasteiger partial charge in [0.2, 0.25) is 0 Å². The fraction of sp³-hybridized carbons (Fsp3) is 0.750. The number of hydrogen-bond donors (Lipinski definition) is 3. The molecule has 0 aromatic carbocycles. The normalized spacial score (nSPS) is 14.9. The smallest absolute Gasteiger partial charge is 0.323 e. The van der Waals surface area contributed by atoms with Gasteiger partial charge in [-0.1, -0.05) is 32.5 Å². The molecule has 2 N–H and O–H groups in total. The molecular formula is C8H16N2O2S2. The van der Waals surface area contributed by atoms with Crippen molar-refractivity contribution in [2.24, 2.45) is 5.92 Å². The van der Waals surface area contributed by atoms with E-state index in [1.807, 2.05) is 13.8 Å². The summed E-state index contributed by atoms with van der Waals surface area (Å²) >= 11 is 8.60. The number of rotatable bonds is 5. The summed E-state index contributed by atoms with van der Waals surface area (Å²) in [5.74, 6) is -0.813. The van der Waals surface area contributed by atoms with Crippen molar-refractivity contribution in [3.63, 3.8) is 0 Å². The first kappa shape index (κ1) is 13.7. The third-order valence-corrected chi connectivity index (χ3v) is 2.32. The Bertz CT molecular complexity index is 223. The molecule has 0 heterocycles. The number of nitrogens with zero attached hydrogens (tertiary/aromatic N) is 1. The summed E-state index contributed by atoms with van der Waals surface area (Å²) < 4.78 is 0.266. The molecule has 0 aliphatic rings. The minimum atomic E-state index is -0.862. The first-order valence-electron chi connectivity index (χ1n) is 4.35. The van der Waals surface area contributed by atoms with Crippen molar-refractivity contribution in [3.05, 3.63) is 0 Å². The zero-order chi connectivity index (χ0) is 11.3. The Morgan fingerprint density at radius 1 is 1.71 bits per heavy atom. The lowest BCUT2D eigenvalue weighted by Crippen LogP contribution is -2.50. The van der Waals surface area contributed by atoms with Crippen molar-refractivity contribution in [3.8, 4) is 0 Å². The van der Waals surface area contributed by atoms with Gasteiger partial charge in [0.1, 0.15) is 10.4 Å². The van der Waals surface area contributed by atoms with E-state index >= 15 is 0 Å². The van der Waals surface area contributed by atoms with Crippen LogP contribution in [0.5, 0.6) is 0 Å². The number of carboxylic acid groups (broad SMARTS) is 1. The van der Waals surface area contributed by atoms with Gasteiger partial charge < -0.3 is 10.5 Å². The number of thiocarbonyl (C=S) groups is 1. The van der Waals surface area contributed by atoms with Gasteiger partial charge in [0.25, 0.3) is 0 Å². The first-order valence-corrected chi connectivity index (χ1v) is 5.20. The molecule has 82 valence electrons. The van der Waals surface area contributed by atoms with Gasteiger partial charge in [-0.05, 0) is 5.92 Å². The number of aliphatic carboxylic acids is 1. The molecule has 0 radical (unpaired) electrons. The van der Waals surface area contributed by atoms with Crippen molar-refractivity contribution in [1.29, 1.82) is 0 Å². The van der Waals surface area contributed by atoms with Gasteiger partial charge in [-0.3, -0.25) is 4.79 Å². The number of hydrogen-bond acceptors (Lipinski definition) is 3. The second-order valence-corrected chi connectivity index (χ2v) is 4.35. The fourth-order valence-corrected chi connectivity index (χ4v) is 1.54. The number of likely N-dealkylation sites (N-methyl/N-ethyl adjacent to an activating group) is 1. The van der Waals surface area contributed by atoms with Crippen LogP contribution in [0, 0.1) is 5.92 Å². The van der Waals surface area contributed by atoms with Crippen molar-refractivity contribution in [2.45, 2.75) is 26.3 Å². The highest BCUT2D eigenvalue weighted by molar-refractivity contribution is 8.11. The summed E-state index contributed by atoms with van der Waals surface area (Å²) in [4.78, 5) is 11.0. The zero-order valence-corrected chi connectivity index (χ0v) is 10.2. The molecule has 0 amide bonds. The lowest BCUT2D eigenvalue weighted by atomic mass is 9.99. The van der Waals surface area contributed by atoms with Crippen LogP contribution in [-0.4, -0.2) is 33.5 Å². The Morgan fingerprint density at radius 2 is 2.21 bits per heavy atom. The van der Waals surface area contributed by atoms with Crippen LogP contribution in [-0.2, 0) is 4.79 Å². The van der Waals surface area contributed by atoms with Crippen LogP contribution in [0.2, 0.25) is 0 Å². The zero-order valence-electron chi connectivity index (χ0n) is 8.52. The number of carboxylic acids is 1. The third kappa shape index (κ3) is 4.26. The van der Waals surface area contributed by atoms with E-state index in [0.717, 1.165) is 6.42 Å². The van der Waals surface area contributed by atoms with E-state index in [0.29, 0.717) is 0 Å². The summed E-state index contributed by atoms with van der Waals surface area (Å²) in [6, 6.07) is -0.593. The highest BCUT2D eigenvalue weighted by atomic mass is 32.1. The predicted octanol–water partition coefficient (Wildman–Crippen LogP) is 1.14. The Labute approximate surface area is 95.0 Å². The van der Waals surface area contributed by atoms with Gasteiger partial charge in [0.15, 0.2) is 0 Å². The molecule has 0 aromatic rings. The van der Waals surface area contributed by atoms with Crippen LogP contribution >= 0.6 is 24.8 Å². The molecule has 0 aliphatic carbocycles. The van der Waals surface area contributed by atoms with E-state index in [4.69, 9.17) is 17.3 Å². The number of carbonyl (C=O) groups is 1. The summed E-state index contributed by atoms with van der Waals surface area (Å²) in [6.07, 6.45) is 0.794. The molecule has 4 nitrogen and oxygen atoms in total. The van der Waals surface area contributed by atoms with Gasteiger partial charge in [-0.15, -0.1) is 12.6 Å². The number of nitrogens with one attached hydrogen (secondary N) is 1. The molecule has 0 fully saturated rings. The average molecular weight is 236 g/mol. The molecular weight excluding hydrogens is 220 g/mol. The van der Waals surface area contributed by atoms with Crippen LogP contribution < -0.4 is 5.43 Å². The van der Waals surface area contributed by atoms with E-state index in [9.17, 15) is 4.79 Å². The highest BCUT2D eigenvalue weighted by Crippen LogP contribution is 2.12. The molecule has 0 saturated carbocycles. The largest absolute Gasteiger partial charge is 0.480 e. The van der Waals surface area contributed by atoms with Gasteiger partial charge in [0, 0.05) is 7.05 Å². The second-order valence-electron chi connectivity index (χ2n) is 3.20. The monoisotopic (exact) mass is 236 g/mol. The third-order valence-electron chi connectivity index (χ3n) is 2.13. The second kappa shape index (κ2) is 6.21. The summed E-state index contributed by atoms with van der Waals surface area (Å²) in [5.41, 5.74) is 2.69. The molecule has 0 unspecified atom stereocenters. The van der Waals surface area contributed by atoms with Gasteiger partial charge in [0.05, 0.1) is 0 Å². The first-order chi connectivity index (χ1) is 6.40. The van der Waals surface area contributed by atoms with E-state index in [1.54, 1.807) is 7.05 Å². The Hall–Kier alpha value is -0.330. The van der Waals surface area contributed by atoms with Gasteiger partial charge in [-0.2, -0.15) is 0 Å². The van der Waals surface area contributed by atoms with Crippen LogP contribution in [0.4, 0.5) is 0 Å². The maximum atomic E-state index is 11.0. The molecule has 0 spiro atoms. The van der Waals surface area contributed by atoms with E-state index < -0.39 is 12.0 Å². The molecule has 14 heavy (non-hydrogen) atoms. The number of thiol groups is 1. The van der Waals surface area contributed by atoms with Crippen molar-refractivity contribution >= 4 is 35.1 Å². The fourth-order valence-electron chi connectivity index (χ4n) is 1.23. The van der Waals surface area contributed by atoms with Crippen LogP contribution in [0.15, 0.2) is 0 Å². The molecule has 2 atom stereocenters. The minimum absolute atomic E-state index is 0.0488. The quantitative estimate of drug-likeness (QED) is 0.380. The Balaban J connectivity index is 4.48. The van der Waals surface area contributed by atoms with Crippen molar-refractivity contribution in [2.75, 3.05) is 7.05 Å². The standard InChI is InChI=1S/C8H16N2O2S2/c1-4-5(2)6(7(11)12)10(3)9-8(13)14/h5-6H,4H2,1-3H3,(H,11,12)(H2,9,13,14)/t5-,6-/m0/s1. The Kier molecular flexibility index (Phi) is 6.06. The van der Waals surface area contributed by atoms with E-state index in [-0.39, 0.29) is 10.2 Å². The lowest BCUT2D eigenvalue weighted by Gasteiger charge is -2.29. The van der Waals surface area contributed by atoms with Crippen LogP contribution in [0.25, 0.3) is 0 Å². The molecule has 0 aliphatic heterocycles. The number of hydrazine groups is 1. The van der Waals surface area contributed by atoms with Crippen LogP contribution in [0.1, 0.15) is 20.3 Å². The van der Waals surface area contributed by atoms with Gasteiger partial charge in [-0.25, -0.2) is 5.01 Å². The van der Waals surface area contributed by atoms with Gasteiger partial charge >= 0.3 is 5.97 Å². The van der Waals surface area contributed by atoms with Crippen molar-refractivity contribution < 1.29 is 9.90 Å². The minimum Gasteiger partial charge on any atom is -0.480 e. The molecule has 0 rings (SSSR count). The summed E-state index contributed by atoms with van der Waals surface area (Å²) in [6.45, 7) is 3.84. The molecule has 0 bridgehead atoms. The van der Waals surface area contributed by atoms with Crippen molar-refractivity contribution in [1.82, 2.24) is 10.4 Å². The lowest BCUT2D eigenvalue weighted by molar-refractivity contribution is -0.145.